The lowest BCUT2D eigenvalue weighted by Gasteiger charge is -2.09. The van der Waals surface area contributed by atoms with E-state index in [-0.39, 0.29) is 16.9 Å². The van der Waals surface area contributed by atoms with Gasteiger partial charge in [0.05, 0.1) is 10.5 Å². The van der Waals surface area contributed by atoms with Gasteiger partial charge in [0.1, 0.15) is 11.9 Å². The van der Waals surface area contributed by atoms with E-state index in [1.165, 1.54) is 18.3 Å². The van der Waals surface area contributed by atoms with Gasteiger partial charge in [0.2, 0.25) is 0 Å². The zero-order valence-corrected chi connectivity index (χ0v) is 9.89. The van der Waals surface area contributed by atoms with Crippen molar-refractivity contribution in [1.82, 2.24) is 4.98 Å². The van der Waals surface area contributed by atoms with E-state index in [0.717, 1.165) is 18.3 Å². The van der Waals surface area contributed by atoms with E-state index in [1.807, 2.05) is 0 Å². The first-order chi connectivity index (χ1) is 9.30. The number of aromatic nitrogens is 1. The zero-order valence-electron chi connectivity index (χ0n) is 9.89. The monoisotopic (exact) mass is 283 g/mol. The lowest BCUT2D eigenvalue weighted by atomic mass is 10.0. The average Bonchev–Trinajstić information content (AvgIpc) is 2.38. The van der Waals surface area contributed by atoms with Gasteiger partial charge in [-0.05, 0) is 17.7 Å². The van der Waals surface area contributed by atoms with E-state index in [1.54, 1.807) is 0 Å². The Hall–Kier alpha value is -2.64. The van der Waals surface area contributed by atoms with Crippen LogP contribution in [0.15, 0.2) is 36.7 Å². The van der Waals surface area contributed by atoms with Crippen LogP contribution >= 0.6 is 0 Å². The second-order valence-electron chi connectivity index (χ2n) is 3.95. The molecule has 1 aromatic heterocycles. The highest BCUT2D eigenvalue weighted by molar-refractivity contribution is 5.81. The molecule has 0 bridgehead atoms. The number of halogens is 3. The van der Waals surface area contributed by atoms with Crippen LogP contribution in [-0.4, -0.2) is 9.91 Å². The minimum Gasteiger partial charge on any atom is -0.393 e. The Morgan fingerprint density at radius 1 is 1.15 bits per heavy atom. The fourth-order valence-corrected chi connectivity index (χ4v) is 1.67. The predicted molar refractivity (Wildman–Crippen MR) is 65.7 cm³/mol. The smallest absolute Gasteiger partial charge is 0.393 e. The van der Waals surface area contributed by atoms with Crippen LogP contribution < -0.4 is 5.73 Å². The number of nitrogen functional groups attached to an aromatic ring is 1. The predicted octanol–water partition coefficient (Wildman–Crippen LogP) is 3.26. The Labute approximate surface area is 111 Å². The van der Waals surface area contributed by atoms with Gasteiger partial charge in [0.25, 0.3) is 0 Å². The normalized spacial score (nSPS) is 11.3. The lowest BCUT2D eigenvalue weighted by Crippen LogP contribution is -2.04. The second-order valence-corrected chi connectivity index (χ2v) is 3.95. The van der Waals surface area contributed by atoms with E-state index in [4.69, 9.17) is 5.73 Å². The molecule has 1 heterocycles. The van der Waals surface area contributed by atoms with Crippen LogP contribution in [0, 0.1) is 10.1 Å². The largest absolute Gasteiger partial charge is 0.416 e. The number of anilines is 1. The number of pyridine rings is 1. The number of nitrogens with zero attached hydrogens (tertiary/aromatic N) is 2. The van der Waals surface area contributed by atoms with E-state index in [2.05, 4.69) is 4.98 Å². The summed E-state index contributed by atoms with van der Waals surface area (Å²) in [6.07, 6.45) is -2.18. The number of nitro groups is 1. The molecule has 1 aromatic carbocycles. The molecule has 0 radical (unpaired) electrons. The third-order valence-electron chi connectivity index (χ3n) is 2.69. The molecule has 104 valence electrons. The summed E-state index contributed by atoms with van der Waals surface area (Å²) in [5.74, 6) is 0. The second kappa shape index (κ2) is 4.80. The molecule has 20 heavy (non-hydrogen) atoms. The summed E-state index contributed by atoms with van der Waals surface area (Å²) in [5, 5.41) is 10.7. The fraction of sp³-hybridized carbons (Fsp3) is 0.0833. The van der Waals surface area contributed by atoms with Gasteiger partial charge in [0.15, 0.2) is 0 Å². The summed E-state index contributed by atoms with van der Waals surface area (Å²) in [4.78, 5) is 13.7. The number of alkyl halides is 3. The molecule has 2 aromatic rings. The van der Waals surface area contributed by atoms with Gasteiger partial charge < -0.3 is 5.73 Å². The van der Waals surface area contributed by atoms with Crippen molar-refractivity contribution in [1.29, 1.82) is 0 Å². The van der Waals surface area contributed by atoms with E-state index >= 15 is 0 Å². The van der Waals surface area contributed by atoms with Crippen molar-refractivity contribution in [3.63, 3.8) is 0 Å². The van der Waals surface area contributed by atoms with Gasteiger partial charge >= 0.3 is 11.9 Å². The molecule has 2 rings (SSSR count). The molecule has 0 saturated heterocycles. The highest BCUT2D eigenvalue weighted by Gasteiger charge is 2.30. The Bertz CT molecular complexity index is 654. The zero-order chi connectivity index (χ0) is 14.9. The molecule has 8 heteroatoms. The lowest BCUT2D eigenvalue weighted by molar-refractivity contribution is -0.384. The topological polar surface area (TPSA) is 82.0 Å². The SMILES string of the molecule is Nc1c(-c2ccc(C(F)(F)F)cc2)cncc1[N+](=O)[O-]. The van der Waals surface area contributed by atoms with Crippen LogP contribution in [0.4, 0.5) is 24.5 Å². The average molecular weight is 283 g/mol. The molecule has 0 aliphatic rings. The van der Waals surface area contributed by atoms with Crippen LogP contribution in [0.5, 0.6) is 0 Å². The van der Waals surface area contributed by atoms with Gasteiger partial charge in [-0.1, -0.05) is 12.1 Å². The molecule has 0 spiro atoms. The number of nitrogens with two attached hydrogens (primary N) is 1. The molecule has 0 atom stereocenters. The van der Waals surface area contributed by atoms with E-state index in [9.17, 15) is 23.3 Å². The van der Waals surface area contributed by atoms with Crippen LogP contribution in [0.3, 0.4) is 0 Å². The van der Waals surface area contributed by atoms with Crippen LogP contribution in [0.25, 0.3) is 11.1 Å². The van der Waals surface area contributed by atoms with Crippen molar-refractivity contribution in [2.24, 2.45) is 0 Å². The van der Waals surface area contributed by atoms with Crippen molar-refractivity contribution in [2.45, 2.75) is 6.18 Å². The summed E-state index contributed by atoms with van der Waals surface area (Å²) >= 11 is 0. The quantitative estimate of drug-likeness (QED) is 0.677. The van der Waals surface area contributed by atoms with Crippen LogP contribution in [-0.2, 0) is 6.18 Å². The minimum atomic E-state index is -4.44. The summed E-state index contributed by atoms with van der Waals surface area (Å²) in [5.41, 5.74) is 4.85. The minimum absolute atomic E-state index is 0.134. The van der Waals surface area contributed by atoms with Crippen LogP contribution in [0.2, 0.25) is 0 Å². The molecular formula is C12H8F3N3O2. The van der Waals surface area contributed by atoms with Crippen LogP contribution in [0.1, 0.15) is 5.56 Å². The first-order valence-electron chi connectivity index (χ1n) is 5.36. The maximum Gasteiger partial charge on any atom is 0.416 e. The number of hydrogen-bond acceptors (Lipinski definition) is 4. The van der Waals surface area contributed by atoms with E-state index in [0.29, 0.717) is 5.56 Å². The first kappa shape index (κ1) is 13.8. The molecule has 2 N–H and O–H groups in total. The van der Waals surface area contributed by atoms with E-state index < -0.39 is 16.7 Å². The molecule has 5 nitrogen and oxygen atoms in total. The van der Waals surface area contributed by atoms with Crippen molar-refractivity contribution < 1.29 is 18.1 Å². The Kier molecular flexibility index (Phi) is 3.31. The third-order valence-corrected chi connectivity index (χ3v) is 2.69. The Morgan fingerprint density at radius 2 is 1.75 bits per heavy atom. The Balaban J connectivity index is 2.48. The molecular weight excluding hydrogens is 275 g/mol. The summed E-state index contributed by atoms with van der Waals surface area (Å²) in [6, 6.07) is 4.15. The van der Waals surface area contributed by atoms with Crippen molar-refractivity contribution in [3.05, 3.63) is 52.3 Å². The van der Waals surface area contributed by atoms with Crippen molar-refractivity contribution in [2.75, 3.05) is 5.73 Å². The number of hydrogen-bond donors (Lipinski definition) is 1. The molecule has 0 amide bonds. The molecule has 0 fully saturated rings. The van der Waals surface area contributed by atoms with Crippen molar-refractivity contribution in [3.8, 4) is 11.1 Å². The molecule has 0 aliphatic heterocycles. The van der Waals surface area contributed by atoms with Crippen molar-refractivity contribution >= 4 is 11.4 Å². The van der Waals surface area contributed by atoms with Gasteiger partial charge in [-0.15, -0.1) is 0 Å². The maximum absolute atomic E-state index is 12.4. The summed E-state index contributed by atoms with van der Waals surface area (Å²) in [7, 11) is 0. The van der Waals surface area contributed by atoms with Gasteiger partial charge in [0, 0.05) is 11.8 Å². The highest BCUT2D eigenvalue weighted by Crippen LogP contribution is 2.34. The summed E-state index contributed by atoms with van der Waals surface area (Å²) < 4.78 is 37.3. The molecule has 0 unspecified atom stereocenters. The van der Waals surface area contributed by atoms with Gasteiger partial charge in [-0.25, -0.2) is 0 Å². The Morgan fingerprint density at radius 3 is 2.25 bits per heavy atom. The van der Waals surface area contributed by atoms with Gasteiger partial charge in [-0.3, -0.25) is 15.1 Å². The number of benzene rings is 1. The number of rotatable bonds is 2. The molecule has 0 aliphatic carbocycles. The highest BCUT2D eigenvalue weighted by atomic mass is 19.4. The first-order valence-corrected chi connectivity index (χ1v) is 5.36. The standard InChI is InChI=1S/C12H8F3N3O2/c13-12(14,15)8-3-1-7(2-4-8)9-5-17-6-10(11(9)16)18(19)20/h1-6H,(H2,16,17). The fourth-order valence-electron chi connectivity index (χ4n) is 1.67. The molecule has 0 saturated carbocycles. The summed E-state index contributed by atoms with van der Waals surface area (Å²) in [6.45, 7) is 0. The third kappa shape index (κ3) is 2.53. The maximum atomic E-state index is 12.4. The van der Waals surface area contributed by atoms with Gasteiger partial charge in [-0.2, -0.15) is 13.2 Å².